The van der Waals surface area contributed by atoms with Crippen LogP contribution in [0, 0.1) is 6.92 Å². The molecule has 5 rings (SSSR count). The molecule has 0 unspecified atom stereocenters. The molecule has 11 heteroatoms. The Balaban J connectivity index is 1.51. The number of aryl methyl sites for hydroxylation is 1. The van der Waals surface area contributed by atoms with Crippen LogP contribution in [0.15, 0.2) is 107 Å². The van der Waals surface area contributed by atoms with Gasteiger partial charge in [0.15, 0.2) is 12.3 Å². The van der Waals surface area contributed by atoms with E-state index in [4.69, 9.17) is 23.7 Å². The number of ether oxygens (including phenoxy) is 5. The van der Waals surface area contributed by atoms with E-state index in [9.17, 15) is 19.2 Å². The molecule has 0 aliphatic carbocycles. The third-order valence-electron chi connectivity index (χ3n) is 7.29. The fourth-order valence-corrected chi connectivity index (χ4v) is 5.07. The van der Waals surface area contributed by atoms with Gasteiger partial charge in [-0.3, -0.25) is 19.1 Å². The van der Waals surface area contributed by atoms with Crippen molar-refractivity contribution in [1.82, 2.24) is 9.55 Å². The Morgan fingerprint density at radius 2 is 1.47 bits per heavy atom. The third kappa shape index (κ3) is 8.01. The Bertz CT molecular complexity index is 1690. The van der Waals surface area contributed by atoms with Gasteiger partial charge in [-0.2, -0.15) is 0 Å². The standard InChI is InChI=1S/C34H34N2O9/c1-22-18-36(34(40)35-31(22)38)32-30(44-23(2)37)29(42-20-25-14-8-4-9-15-25)28(45-32)27(41-19-24-12-6-3-7-13-24)21-43-33(39)26-16-10-5-11-17-26/h3-18,27-30,32H,19-21H2,1-2H3,(H,35,38,40)/t27-,28-,29-,30-,32-/m1/s1. The number of benzene rings is 3. The Morgan fingerprint density at radius 3 is 2.09 bits per heavy atom. The molecule has 45 heavy (non-hydrogen) atoms. The molecule has 0 saturated carbocycles. The van der Waals surface area contributed by atoms with E-state index in [0.717, 1.165) is 15.7 Å². The molecular weight excluding hydrogens is 580 g/mol. The van der Waals surface area contributed by atoms with E-state index in [2.05, 4.69) is 4.98 Å². The van der Waals surface area contributed by atoms with Crippen molar-refractivity contribution in [3.63, 3.8) is 0 Å². The first kappa shape index (κ1) is 31.6. The minimum absolute atomic E-state index is 0.116. The molecule has 4 aromatic rings. The van der Waals surface area contributed by atoms with Crippen molar-refractivity contribution in [2.24, 2.45) is 0 Å². The zero-order chi connectivity index (χ0) is 31.8. The summed E-state index contributed by atoms with van der Waals surface area (Å²) in [5, 5.41) is 0. The zero-order valence-electron chi connectivity index (χ0n) is 24.9. The number of nitrogens with one attached hydrogen (secondary N) is 1. The molecule has 0 radical (unpaired) electrons. The zero-order valence-corrected chi connectivity index (χ0v) is 24.9. The molecule has 0 spiro atoms. The van der Waals surface area contributed by atoms with Gasteiger partial charge < -0.3 is 23.7 Å². The average molecular weight is 615 g/mol. The third-order valence-corrected chi connectivity index (χ3v) is 7.29. The topological polar surface area (TPSA) is 135 Å². The summed E-state index contributed by atoms with van der Waals surface area (Å²) in [6, 6.07) is 27.3. The number of H-pyrrole nitrogens is 1. The highest BCUT2D eigenvalue weighted by atomic mass is 16.6. The van der Waals surface area contributed by atoms with Gasteiger partial charge in [0.2, 0.25) is 0 Å². The van der Waals surface area contributed by atoms with E-state index in [1.165, 1.54) is 13.1 Å². The second-order valence-electron chi connectivity index (χ2n) is 10.6. The van der Waals surface area contributed by atoms with Crippen LogP contribution in [-0.2, 0) is 41.7 Å². The molecule has 234 valence electrons. The van der Waals surface area contributed by atoms with Crippen molar-refractivity contribution in [2.45, 2.75) is 57.7 Å². The maximum absolute atomic E-state index is 13.0. The minimum Gasteiger partial charge on any atom is -0.459 e. The lowest BCUT2D eigenvalue weighted by Crippen LogP contribution is -2.45. The number of hydrogen-bond acceptors (Lipinski definition) is 9. The summed E-state index contributed by atoms with van der Waals surface area (Å²) in [5.74, 6) is -1.20. The number of aromatic nitrogens is 2. The van der Waals surface area contributed by atoms with Crippen molar-refractivity contribution in [3.8, 4) is 0 Å². The number of aromatic amines is 1. The number of nitrogens with zero attached hydrogens (tertiary/aromatic N) is 1. The van der Waals surface area contributed by atoms with E-state index in [0.29, 0.717) is 5.56 Å². The lowest BCUT2D eigenvalue weighted by atomic mass is 10.0. The minimum atomic E-state index is -1.20. The van der Waals surface area contributed by atoms with Crippen LogP contribution in [-0.4, -0.2) is 52.5 Å². The van der Waals surface area contributed by atoms with Gasteiger partial charge in [0.05, 0.1) is 18.8 Å². The molecular formula is C34H34N2O9. The summed E-state index contributed by atoms with van der Waals surface area (Å²) in [6.45, 7) is 2.80. The molecule has 1 aliphatic heterocycles. The van der Waals surface area contributed by atoms with E-state index < -0.39 is 53.8 Å². The van der Waals surface area contributed by atoms with Gasteiger partial charge in [-0.25, -0.2) is 9.59 Å². The average Bonchev–Trinajstić information content (AvgIpc) is 3.39. The second kappa shape index (κ2) is 14.8. The quantitative estimate of drug-likeness (QED) is 0.237. The fourth-order valence-electron chi connectivity index (χ4n) is 5.07. The largest absolute Gasteiger partial charge is 0.459 e. The molecule has 5 atom stereocenters. The molecule has 11 nitrogen and oxygen atoms in total. The molecule has 0 bridgehead atoms. The summed E-state index contributed by atoms with van der Waals surface area (Å²) < 4.78 is 31.7. The van der Waals surface area contributed by atoms with Crippen LogP contribution in [0.1, 0.15) is 40.2 Å². The van der Waals surface area contributed by atoms with Crippen LogP contribution in [0.3, 0.4) is 0 Å². The molecule has 1 N–H and O–H groups in total. The molecule has 1 saturated heterocycles. The predicted molar refractivity (Wildman–Crippen MR) is 162 cm³/mol. The molecule has 1 aromatic heterocycles. The first-order valence-corrected chi connectivity index (χ1v) is 14.5. The van der Waals surface area contributed by atoms with Crippen molar-refractivity contribution in [2.75, 3.05) is 6.61 Å². The smallest absolute Gasteiger partial charge is 0.338 e. The molecule has 0 amide bonds. The van der Waals surface area contributed by atoms with Crippen LogP contribution in [0.25, 0.3) is 0 Å². The van der Waals surface area contributed by atoms with Gasteiger partial charge in [0.1, 0.15) is 24.9 Å². The van der Waals surface area contributed by atoms with Crippen LogP contribution in [0.2, 0.25) is 0 Å². The van der Waals surface area contributed by atoms with Crippen LogP contribution >= 0.6 is 0 Å². The number of esters is 2. The summed E-state index contributed by atoms with van der Waals surface area (Å²) >= 11 is 0. The maximum atomic E-state index is 13.0. The Labute approximate surface area is 259 Å². The Kier molecular flexibility index (Phi) is 10.4. The monoisotopic (exact) mass is 614 g/mol. The highest BCUT2D eigenvalue weighted by Crippen LogP contribution is 2.36. The van der Waals surface area contributed by atoms with Gasteiger partial charge in [-0.1, -0.05) is 78.9 Å². The SMILES string of the molecule is CC(=O)O[C@@H]1[C@H](OCc2ccccc2)[C@@H]([C@@H](COC(=O)c2ccccc2)OCc2ccccc2)O[C@H]1n1cc(C)c(=O)[nH]c1=O. The summed E-state index contributed by atoms with van der Waals surface area (Å²) in [6.07, 6.45) is -3.89. The van der Waals surface area contributed by atoms with Crippen molar-refractivity contribution in [1.29, 1.82) is 0 Å². The van der Waals surface area contributed by atoms with E-state index >= 15 is 0 Å². The Hall–Kier alpha value is -4.84. The van der Waals surface area contributed by atoms with Crippen LogP contribution < -0.4 is 11.2 Å². The molecule has 1 fully saturated rings. The second-order valence-corrected chi connectivity index (χ2v) is 10.6. The highest BCUT2D eigenvalue weighted by molar-refractivity contribution is 5.89. The van der Waals surface area contributed by atoms with Crippen molar-refractivity contribution >= 4 is 11.9 Å². The van der Waals surface area contributed by atoms with Crippen LogP contribution in [0.4, 0.5) is 0 Å². The van der Waals surface area contributed by atoms with Gasteiger partial charge in [-0.15, -0.1) is 0 Å². The number of rotatable bonds is 12. The van der Waals surface area contributed by atoms with Gasteiger partial charge in [0.25, 0.3) is 5.56 Å². The van der Waals surface area contributed by atoms with E-state index in [1.807, 2.05) is 60.7 Å². The molecule has 2 heterocycles. The van der Waals surface area contributed by atoms with Crippen molar-refractivity contribution in [3.05, 3.63) is 140 Å². The number of hydrogen-bond donors (Lipinski definition) is 1. The first-order chi connectivity index (χ1) is 21.8. The fraction of sp³-hybridized carbons (Fsp3) is 0.294. The predicted octanol–water partition coefficient (Wildman–Crippen LogP) is 3.70. The highest BCUT2D eigenvalue weighted by Gasteiger charge is 2.52. The van der Waals surface area contributed by atoms with E-state index in [1.54, 1.807) is 37.3 Å². The first-order valence-electron chi connectivity index (χ1n) is 14.5. The summed E-state index contributed by atoms with van der Waals surface area (Å²) in [4.78, 5) is 52.8. The van der Waals surface area contributed by atoms with Crippen LogP contribution in [0.5, 0.6) is 0 Å². The summed E-state index contributed by atoms with van der Waals surface area (Å²) in [7, 11) is 0. The molecule has 1 aliphatic rings. The van der Waals surface area contributed by atoms with Gasteiger partial charge in [-0.05, 0) is 30.2 Å². The maximum Gasteiger partial charge on any atom is 0.338 e. The van der Waals surface area contributed by atoms with Gasteiger partial charge >= 0.3 is 17.6 Å². The number of carbonyl (C=O) groups is 2. The Morgan fingerprint density at radius 1 is 0.867 bits per heavy atom. The molecule has 3 aromatic carbocycles. The van der Waals surface area contributed by atoms with E-state index in [-0.39, 0.29) is 25.4 Å². The number of carbonyl (C=O) groups excluding carboxylic acids is 2. The van der Waals surface area contributed by atoms with Gasteiger partial charge in [0, 0.05) is 18.7 Å². The summed E-state index contributed by atoms with van der Waals surface area (Å²) in [5.41, 5.74) is 0.997. The van der Waals surface area contributed by atoms with Crippen molar-refractivity contribution < 1.29 is 33.3 Å². The lowest BCUT2D eigenvalue weighted by molar-refractivity contribution is -0.158. The lowest BCUT2D eigenvalue weighted by Gasteiger charge is -2.29. The normalized spacial score (nSPS) is 20.0.